The van der Waals surface area contributed by atoms with Crippen molar-refractivity contribution in [3.8, 4) is 0 Å². The first-order valence-electron chi connectivity index (χ1n) is 4.25. The first-order valence-corrected chi connectivity index (χ1v) is 4.25. The second-order valence-corrected chi connectivity index (χ2v) is 3.18. The smallest absolute Gasteiger partial charge is 0.0639 e. The molecule has 0 saturated heterocycles. The summed E-state index contributed by atoms with van der Waals surface area (Å²) in [6.07, 6.45) is -0.842. The molecule has 0 aliphatic carbocycles. The van der Waals surface area contributed by atoms with Crippen LogP contribution in [0.3, 0.4) is 0 Å². The van der Waals surface area contributed by atoms with Gasteiger partial charge in [0, 0.05) is 19.6 Å². The van der Waals surface area contributed by atoms with E-state index in [1.165, 1.54) is 0 Å². The molecular weight excluding hydrogens is 158 g/mol. The van der Waals surface area contributed by atoms with Crippen LogP contribution in [0.5, 0.6) is 0 Å². The van der Waals surface area contributed by atoms with Crippen molar-refractivity contribution in [2.75, 3.05) is 26.2 Å². The normalized spacial score (nSPS) is 16.5. The molecule has 12 heavy (non-hydrogen) atoms. The molecule has 0 aromatic heterocycles. The molecule has 2 atom stereocenters. The number of rotatable bonds is 6. The minimum Gasteiger partial charge on any atom is -0.395 e. The Hall–Kier alpha value is -0.160. The SMILES string of the molecule is C[C@@H](O)CN(CCO)C[C@@H](C)O. The molecule has 3 N–H and O–H groups in total. The van der Waals surface area contributed by atoms with Gasteiger partial charge in [-0.15, -0.1) is 0 Å². The van der Waals surface area contributed by atoms with Crippen LogP contribution in [0.15, 0.2) is 0 Å². The van der Waals surface area contributed by atoms with Crippen molar-refractivity contribution in [1.29, 1.82) is 0 Å². The first-order chi connectivity index (χ1) is 5.56. The quantitative estimate of drug-likeness (QED) is 0.489. The zero-order valence-electron chi connectivity index (χ0n) is 7.77. The van der Waals surface area contributed by atoms with E-state index in [1.807, 2.05) is 4.90 Å². The van der Waals surface area contributed by atoms with Crippen molar-refractivity contribution in [2.45, 2.75) is 26.1 Å². The predicted molar refractivity (Wildman–Crippen MR) is 46.9 cm³/mol. The van der Waals surface area contributed by atoms with Gasteiger partial charge in [0.05, 0.1) is 18.8 Å². The second-order valence-electron chi connectivity index (χ2n) is 3.18. The summed E-state index contributed by atoms with van der Waals surface area (Å²) in [6, 6.07) is 0. The molecule has 0 aliphatic rings. The highest BCUT2D eigenvalue weighted by Crippen LogP contribution is 1.94. The molecule has 0 aliphatic heterocycles. The van der Waals surface area contributed by atoms with E-state index >= 15 is 0 Å². The molecule has 4 nitrogen and oxygen atoms in total. The third-order valence-corrected chi connectivity index (χ3v) is 1.46. The van der Waals surface area contributed by atoms with E-state index in [2.05, 4.69) is 0 Å². The number of aliphatic hydroxyl groups is 3. The molecule has 0 amide bonds. The second kappa shape index (κ2) is 6.37. The van der Waals surface area contributed by atoms with Gasteiger partial charge in [0.2, 0.25) is 0 Å². The van der Waals surface area contributed by atoms with Gasteiger partial charge in [-0.3, -0.25) is 4.90 Å². The van der Waals surface area contributed by atoms with E-state index in [0.29, 0.717) is 19.6 Å². The van der Waals surface area contributed by atoms with Crippen LogP contribution in [-0.4, -0.2) is 58.7 Å². The average Bonchev–Trinajstić information content (AvgIpc) is 1.84. The van der Waals surface area contributed by atoms with Gasteiger partial charge in [-0.25, -0.2) is 0 Å². The number of aliphatic hydroxyl groups excluding tert-OH is 3. The lowest BCUT2D eigenvalue weighted by Crippen LogP contribution is -2.38. The van der Waals surface area contributed by atoms with Crippen molar-refractivity contribution < 1.29 is 15.3 Å². The summed E-state index contributed by atoms with van der Waals surface area (Å²) in [5.41, 5.74) is 0. The minimum absolute atomic E-state index is 0.0550. The summed E-state index contributed by atoms with van der Waals surface area (Å²) >= 11 is 0. The maximum absolute atomic E-state index is 9.06. The Morgan fingerprint density at radius 3 is 1.75 bits per heavy atom. The van der Waals surface area contributed by atoms with Gasteiger partial charge in [-0.05, 0) is 13.8 Å². The zero-order chi connectivity index (χ0) is 9.56. The lowest BCUT2D eigenvalue weighted by molar-refractivity contribution is 0.0725. The van der Waals surface area contributed by atoms with Gasteiger partial charge < -0.3 is 15.3 Å². The molecule has 0 rings (SSSR count). The molecule has 0 aromatic rings. The van der Waals surface area contributed by atoms with Crippen molar-refractivity contribution in [3.63, 3.8) is 0 Å². The Bertz CT molecular complexity index is 96.5. The fourth-order valence-electron chi connectivity index (χ4n) is 1.15. The van der Waals surface area contributed by atoms with E-state index in [0.717, 1.165) is 0 Å². The largest absolute Gasteiger partial charge is 0.395 e. The third kappa shape index (κ3) is 6.54. The first kappa shape index (κ1) is 11.8. The van der Waals surface area contributed by atoms with Crippen LogP contribution in [0.4, 0.5) is 0 Å². The lowest BCUT2D eigenvalue weighted by atomic mass is 10.3. The molecule has 74 valence electrons. The molecule has 0 saturated carbocycles. The number of hydrogen-bond donors (Lipinski definition) is 3. The van der Waals surface area contributed by atoms with Crippen LogP contribution in [0.1, 0.15) is 13.8 Å². The highest BCUT2D eigenvalue weighted by Gasteiger charge is 2.09. The van der Waals surface area contributed by atoms with Gasteiger partial charge in [0.1, 0.15) is 0 Å². The molecule has 0 radical (unpaired) electrons. The maximum Gasteiger partial charge on any atom is 0.0639 e. The minimum atomic E-state index is -0.421. The molecule has 0 heterocycles. The van der Waals surface area contributed by atoms with E-state index in [9.17, 15) is 0 Å². The molecule has 0 fully saturated rings. The maximum atomic E-state index is 9.06. The van der Waals surface area contributed by atoms with Crippen LogP contribution in [-0.2, 0) is 0 Å². The van der Waals surface area contributed by atoms with Gasteiger partial charge >= 0.3 is 0 Å². The zero-order valence-corrected chi connectivity index (χ0v) is 7.77. The topological polar surface area (TPSA) is 63.9 Å². The molecule has 0 bridgehead atoms. The van der Waals surface area contributed by atoms with Crippen LogP contribution in [0.25, 0.3) is 0 Å². The van der Waals surface area contributed by atoms with Gasteiger partial charge in [-0.2, -0.15) is 0 Å². The monoisotopic (exact) mass is 177 g/mol. The average molecular weight is 177 g/mol. The van der Waals surface area contributed by atoms with E-state index < -0.39 is 12.2 Å². The van der Waals surface area contributed by atoms with E-state index in [1.54, 1.807) is 13.8 Å². The summed E-state index contributed by atoms with van der Waals surface area (Å²) in [7, 11) is 0. The van der Waals surface area contributed by atoms with Crippen LogP contribution < -0.4 is 0 Å². The summed E-state index contributed by atoms with van der Waals surface area (Å²) in [6.45, 7) is 4.91. The number of nitrogens with zero attached hydrogens (tertiary/aromatic N) is 1. The van der Waals surface area contributed by atoms with Crippen molar-refractivity contribution in [2.24, 2.45) is 0 Å². The highest BCUT2D eigenvalue weighted by atomic mass is 16.3. The standard InChI is InChI=1S/C8H19NO3/c1-7(11)5-9(3-4-10)6-8(2)12/h7-8,10-12H,3-6H2,1-2H3/t7-,8-/m1/s1. The Morgan fingerprint density at radius 2 is 1.50 bits per heavy atom. The van der Waals surface area contributed by atoms with Crippen LogP contribution in [0.2, 0.25) is 0 Å². The van der Waals surface area contributed by atoms with Gasteiger partial charge in [-0.1, -0.05) is 0 Å². The number of hydrogen-bond acceptors (Lipinski definition) is 4. The molecule has 0 unspecified atom stereocenters. The molecule has 0 aromatic carbocycles. The van der Waals surface area contributed by atoms with E-state index in [4.69, 9.17) is 15.3 Å². The molecular formula is C8H19NO3. The Balaban J connectivity index is 3.69. The lowest BCUT2D eigenvalue weighted by Gasteiger charge is -2.23. The molecule has 0 spiro atoms. The summed E-state index contributed by atoms with van der Waals surface area (Å²) < 4.78 is 0. The summed E-state index contributed by atoms with van der Waals surface area (Å²) in [5.74, 6) is 0. The summed E-state index contributed by atoms with van der Waals surface area (Å²) in [4.78, 5) is 1.83. The van der Waals surface area contributed by atoms with Crippen LogP contribution in [0, 0.1) is 0 Å². The Morgan fingerprint density at radius 1 is 1.08 bits per heavy atom. The van der Waals surface area contributed by atoms with Crippen molar-refractivity contribution in [1.82, 2.24) is 4.90 Å². The van der Waals surface area contributed by atoms with Gasteiger partial charge in [0.15, 0.2) is 0 Å². The van der Waals surface area contributed by atoms with Crippen molar-refractivity contribution >= 4 is 0 Å². The fourth-order valence-corrected chi connectivity index (χ4v) is 1.15. The Labute approximate surface area is 73.4 Å². The summed E-state index contributed by atoms with van der Waals surface area (Å²) in [5, 5.41) is 26.8. The van der Waals surface area contributed by atoms with Crippen LogP contribution >= 0.6 is 0 Å². The molecule has 4 heteroatoms. The highest BCUT2D eigenvalue weighted by molar-refractivity contribution is 4.63. The predicted octanol–water partition coefficient (Wildman–Crippen LogP) is -0.958. The van der Waals surface area contributed by atoms with Gasteiger partial charge in [0.25, 0.3) is 0 Å². The third-order valence-electron chi connectivity index (χ3n) is 1.46. The van der Waals surface area contributed by atoms with E-state index in [-0.39, 0.29) is 6.61 Å². The van der Waals surface area contributed by atoms with Crippen molar-refractivity contribution in [3.05, 3.63) is 0 Å². The Kier molecular flexibility index (Phi) is 6.28. The fraction of sp³-hybridized carbons (Fsp3) is 1.00.